The Morgan fingerprint density at radius 1 is 1.33 bits per heavy atom. The molecule has 0 heterocycles. The van der Waals surface area contributed by atoms with E-state index in [0.717, 1.165) is 12.3 Å². The number of nitrogens with one attached hydrogen (secondary N) is 1. The number of rotatable bonds is 5. The van der Waals surface area contributed by atoms with Gasteiger partial charge in [0.1, 0.15) is 5.75 Å². The van der Waals surface area contributed by atoms with E-state index in [-0.39, 0.29) is 22.6 Å². The number of para-hydroxylation sites is 1. The number of hydrogen-bond donors (Lipinski definition) is 3. The summed E-state index contributed by atoms with van der Waals surface area (Å²) in [5, 5.41) is 33.8. The van der Waals surface area contributed by atoms with E-state index < -0.39 is 22.3 Å². The highest BCUT2D eigenvalue weighted by Crippen LogP contribution is 2.36. The molecule has 2 aromatic carbocycles. The normalized spacial score (nSPS) is 10.5. The maximum Gasteiger partial charge on any atom is 0.315 e. The van der Waals surface area contributed by atoms with Gasteiger partial charge in [-0.3, -0.25) is 14.9 Å². The molecule has 1 amide bonds. The molecule has 0 fully saturated rings. The summed E-state index contributed by atoms with van der Waals surface area (Å²) in [5.74, 6) is -1.55. The van der Waals surface area contributed by atoms with Crippen LogP contribution in [0.1, 0.15) is 15.9 Å². The number of nitrogens with zero attached hydrogens (tertiary/aromatic N) is 2. The first-order valence-electron chi connectivity index (χ1n) is 6.60. The molecule has 3 N–H and O–H groups in total. The van der Waals surface area contributed by atoms with Crippen LogP contribution in [0.4, 0.5) is 5.69 Å². The minimum atomic E-state index is -0.768. The lowest BCUT2D eigenvalue weighted by Gasteiger charge is -2.05. The van der Waals surface area contributed by atoms with Crippen LogP contribution in [0.3, 0.4) is 0 Å². The Bertz CT molecular complexity index is 819. The number of phenolic OH excluding ortho intramolecular Hbond substituents is 2. The van der Waals surface area contributed by atoms with E-state index in [1.54, 1.807) is 12.1 Å². The first-order valence-corrected chi connectivity index (χ1v) is 6.60. The monoisotopic (exact) mass is 331 g/mol. The molecule has 9 heteroatoms. The first kappa shape index (κ1) is 16.7. The lowest BCUT2D eigenvalue weighted by Crippen LogP contribution is -2.17. The molecule has 0 bridgehead atoms. The molecular weight excluding hydrogens is 318 g/mol. The second-order valence-corrected chi connectivity index (χ2v) is 4.56. The number of carbonyl (C=O) groups is 1. The summed E-state index contributed by atoms with van der Waals surface area (Å²) in [6.45, 7) is 0. The van der Waals surface area contributed by atoms with Crippen LogP contribution in [0.2, 0.25) is 0 Å². The van der Waals surface area contributed by atoms with Gasteiger partial charge >= 0.3 is 5.69 Å². The summed E-state index contributed by atoms with van der Waals surface area (Å²) >= 11 is 0. The van der Waals surface area contributed by atoms with E-state index >= 15 is 0 Å². The van der Waals surface area contributed by atoms with Crippen molar-refractivity contribution >= 4 is 17.8 Å². The largest absolute Gasteiger partial charge is 0.507 e. The summed E-state index contributed by atoms with van der Waals surface area (Å²) < 4.78 is 4.85. The highest BCUT2D eigenvalue weighted by Gasteiger charge is 2.19. The number of ether oxygens (including phenoxy) is 1. The Balaban J connectivity index is 2.20. The number of amides is 1. The maximum atomic E-state index is 11.9. The van der Waals surface area contributed by atoms with Crippen molar-refractivity contribution in [2.45, 2.75) is 0 Å². The first-order chi connectivity index (χ1) is 11.4. The number of hydrazone groups is 1. The molecular formula is C15H13N3O6. The third-order valence-corrected chi connectivity index (χ3v) is 3.02. The fourth-order valence-electron chi connectivity index (χ4n) is 1.87. The van der Waals surface area contributed by atoms with Crippen LogP contribution in [0, 0.1) is 10.1 Å². The van der Waals surface area contributed by atoms with Gasteiger partial charge in [0.05, 0.1) is 23.8 Å². The molecule has 0 saturated carbocycles. The average molecular weight is 331 g/mol. The Kier molecular flexibility index (Phi) is 4.95. The van der Waals surface area contributed by atoms with Crippen molar-refractivity contribution in [1.82, 2.24) is 5.43 Å². The number of aromatic hydroxyl groups is 2. The molecule has 2 rings (SSSR count). The molecule has 9 nitrogen and oxygen atoms in total. The third-order valence-electron chi connectivity index (χ3n) is 3.02. The highest BCUT2D eigenvalue weighted by molar-refractivity contribution is 5.97. The number of nitro benzene ring substituents is 1. The van der Waals surface area contributed by atoms with E-state index in [2.05, 4.69) is 10.5 Å². The highest BCUT2D eigenvalue weighted by atomic mass is 16.6. The molecule has 124 valence electrons. The summed E-state index contributed by atoms with van der Waals surface area (Å²) in [5.41, 5.74) is 1.90. The average Bonchev–Trinajstić information content (AvgIpc) is 2.56. The van der Waals surface area contributed by atoms with E-state index in [0.29, 0.717) is 0 Å². The molecule has 24 heavy (non-hydrogen) atoms. The van der Waals surface area contributed by atoms with Gasteiger partial charge in [-0.25, -0.2) is 5.43 Å². The predicted molar refractivity (Wildman–Crippen MR) is 84.5 cm³/mol. The van der Waals surface area contributed by atoms with Crippen molar-refractivity contribution in [3.8, 4) is 17.2 Å². The van der Waals surface area contributed by atoms with Crippen molar-refractivity contribution < 1.29 is 24.7 Å². The second kappa shape index (κ2) is 7.09. The van der Waals surface area contributed by atoms with Crippen LogP contribution in [-0.2, 0) is 0 Å². The van der Waals surface area contributed by atoms with Crippen LogP contribution in [-0.4, -0.2) is 34.4 Å². The molecule has 0 saturated heterocycles. The van der Waals surface area contributed by atoms with Gasteiger partial charge in [-0.05, 0) is 18.2 Å². The van der Waals surface area contributed by atoms with Gasteiger partial charge in [-0.2, -0.15) is 5.10 Å². The van der Waals surface area contributed by atoms with E-state index in [1.165, 1.54) is 25.3 Å². The van der Waals surface area contributed by atoms with E-state index in [9.17, 15) is 25.1 Å². The molecule has 0 aliphatic rings. The van der Waals surface area contributed by atoms with Gasteiger partial charge in [0.2, 0.25) is 5.75 Å². The standard InChI is InChI=1S/C15H13N3O6/c1-24-13-7-9(6-11(14(13)20)18(22)23)8-16-17-15(21)10-4-2-3-5-12(10)19/h2-8,19-20H,1H3,(H,17,21). The number of carbonyl (C=O) groups excluding carboxylic acids is 1. The smallest absolute Gasteiger partial charge is 0.315 e. The number of methoxy groups -OCH3 is 1. The van der Waals surface area contributed by atoms with Crippen molar-refractivity contribution in [3.63, 3.8) is 0 Å². The Morgan fingerprint density at radius 3 is 2.67 bits per heavy atom. The maximum absolute atomic E-state index is 11.9. The third kappa shape index (κ3) is 3.58. The molecule has 2 aromatic rings. The molecule has 0 unspecified atom stereocenters. The van der Waals surface area contributed by atoms with Gasteiger partial charge in [0.15, 0.2) is 5.75 Å². The predicted octanol–water partition coefficient (Wildman–Crippen LogP) is 1.78. The fraction of sp³-hybridized carbons (Fsp3) is 0.0667. The van der Waals surface area contributed by atoms with Crippen molar-refractivity contribution in [1.29, 1.82) is 0 Å². The minimum Gasteiger partial charge on any atom is -0.507 e. The molecule has 0 radical (unpaired) electrons. The Hall–Kier alpha value is -3.62. The van der Waals surface area contributed by atoms with Crippen molar-refractivity contribution in [2.75, 3.05) is 7.11 Å². The quantitative estimate of drug-likeness (QED) is 0.434. The molecule has 0 atom stereocenters. The van der Waals surface area contributed by atoms with Crippen molar-refractivity contribution in [2.24, 2.45) is 5.10 Å². The van der Waals surface area contributed by atoms with Gasteiger partial charge < -0.3 is 14.9 Å². The fourth-order valence-corrected chi connectivity index (χ4v) is 1.87. The lowest BCUT2D eigenvalue weighted by molar-refractivity contribution is -0.386. The lowest BCUT2D eigenvalue weighted by atomic mass is 10.2. The van der Waals surface area contributed by atoms with Crippen LogP contribution in [0.25, 0.3) is 0 Å². The summed E-state index contributed by atoms with van der Waals surface area (Å²) in [6, 6.07) is 8.30. The second-order valence-electron chi connectivity index (χ2n) is 4.56. The SMILES string of the molecule is COc1cc(C=NNC(=O)c2ccccc2O)cc([N+](=O)[O-])c1O. The van der Waals surface area contributed by atoms with Crippen LogP contribution >= 0.6 is 0 Å². The van der Waals surface area contributed by atoms with Gasteiger partial charge in [-0.1, -0.05) is 12.1 Å². The van der Waals surface area contributed by atoms with Gasteiger partial charge in [0.25, 0.3) is 5.91 Å². The molecule has 0 aliphatic carbocycles. The zero-order valence-electron chi connectivity index (χ0n) is 12.5. The van der Waals surface area contributed by atoms with Crippen molar-refractivity contribution in [3.05, 3.63) is 57.6 Å². The summed E-state index contributed by atoms with van der Waals surface area (Å²) in [4.78, 5) is 22.0. The van der Waals surface area contributed by atoms with Crippen LogP contribution in [0.5, 0.6) is 17.2 Å². The summed E-state index contributed by atoms with van der Waals surface area (Å²) in [6.07, 6.45) is 1.15. The number of nitro groups is 1. The zero-order chi connectivity index (χ0) is 17.7. The molecule has 0 spiro atoms. The number of benzene rings is 2. The minimum absolute atomic E-state index is 0.0314. The van der Waals surface area contributed by atoms with Gasteiger partial charge in [-0.15, -0.1) is 0 Å². The Morgan fingerprint density at radius 2 is 2.04 bits per heavy atom. The van der Waals surface area contributed by atoms with E-state index in [4.69, 9.17) is 4.74 Å². The van der Waals surface area contributed by atoms with E-state index in [1.807, 2.05) is 0 Å². The van der Waals surface area contributed by atoms with Gasteiger partial charge in [0, 0.05) is 11.6 Å². The Labute approximate surface area is 136 Å². The van der Waals surface area contributed by atoms with Crippen LogP contribution < -0.4 is 10.2 Å². The molecule has 0 aromatic heterocycles. The summed E-state index contributed by atoms with van der Waals surface area (Å²) in [7, 11) is 1.25. The zero-order valence-corrected chi connectivity index (χ0v) is 12.5. The topological polar surface area (TPSA) is 134 Å². The van der Waals surface area contributed by atoms with Crippen LogP contribution in [0.15, 0.2) is 41.5 Å². The number of hydrogen-bond acceptors (Lipinski definition) is 7. The molecule has 0 aliphatic heterocycles. The number of phenols is 2.